The van der Waals surface area contributed by atoms with Gasteiger partial charge in [-0.15, -0.1) is 0 Å². The quantitative estimate of drug-likeness (QED) is 0.143. The van der Waals surface area contributed by atoms with Crippen molar-refractivity contribution in [3.8, 4) is 16.9 Å². The van der Waals surface area contributed by atoms with Gasteiger partial charge in [-0.3, -0.25) is 19.5 Å². The van der Waals surface area contributed by atoms with Crippen LogP contribution in [0.3, 0.4) is 0 Å². The van der Waals surface area contributed by atoms with E-state index in [2.05, 4.69) is 16.4 Å². The molecule has 3 unspecified atom stereocenters. The number of halogens is 3. The molecule has 3 fully saturated rings. The normalized spacial score (nSPS) is 26.2. The Morgan fingerprint density at radius 3 is 2.45 bits per heavy atom. The molecule has 4 aliphatic heterocycles. The number of benzene rings is 2. The summed E-state index contributed by atoms with van der Waals surface area (Å²) in [6.45, 7) is 9.77. The Labute approximate surface area is 281 Å². The van der Waals surface area contributed by atoms with Crippen molar-refractivity contribution in [2.75, 3.05) is 38.2 Å². The van der Waals surface area contributed by atoms with Crippen molar-refractivity contribution < 1.29 is 23.1 Å². The molecule has 0 N–H and O–H groups in total. The van der Waals surface area contributed by atoms with E-state index in [1.165, 1.54) is 50.3 Å². The first-order valence-corrected chi connectivity index (χ1v) is 17.2. The number of fused-ring (bicyclic) bond motifs is 3. The van der Waals surface area contributed by atoms with Crippen LogP contribution in [0.1, 0.15) is 64.4 Å². The summed E-state index contributed by atoms with van der Waals surface area (Å²) in [6, 6.07) is 5.84. The van der Waals surface area contributed by atoms with Gasteiger partial charge in [-0.2, -0.15) is 0 Å². The number of hydrogen-bond acceptors (Lipinski definition) is 5. The molecule has 11 heteroatoms. The predicted molar refractivity (Wildman–Crippen MR) is 181 cm³/mol. The van der Waals surface area contributed by atoms with Crippen LogP contribution in [0, 0.1) is 11.6 Å². The lowest BCUT2D eigenvalue weighted by atomic mass is 9.95. The summed E-state index contributed by atoms with van der Waals surface area (Å²) in [5, 5.41) is 0.191. The number of ether oxygens (including phenoxy) is 1. The summed E-state index contributed by atoms with van der Waals surface area (Å²) in [7, 11) is 1.68. The van der Waals surface area contributed by atoms with Gasteiger partial charge in [-0.1, -0.05) is 24.6 Å². The number of piperazine rings is 1. The van der Waals surface area contributed by atoms with Crippen LogP contribution >= 0.6 is 11.6 Å². The van der Waals surface area contributed by atoms with Gasteiger partial charge in [0.25, 0.3) is 0 Å². The molecule has 0 aromatic heterocycles. The summed E-state index contributed by atoms with van der Waals surface area (Å²) < 4.78 is 35.7. The van der Waals surface area contributed by atoms with Crippen LogP contribution < -0.4 is 9.64 Å². The Kier molecular flexibility index (Phi) is 9.90. The van der Waals surface area contributed by atoms with Crippen LogP contribution in [0.4, 0.5) is 14.5 Å². The highest BCUT2D eigenvalue weighted by atomic mass is 35.5. The second kappa shape index (κ2) is 13.9. The molecule has 2 amide bonds. The molecule has 0 saturated carbocycles. The number of rotatable bonds is 8. The first-order valence-electron chi connectivity index (χ1n) is 16.8. The molecule has 6 rings (SSSR count). The number of amidine groups is 1. The van der Waals surface area contributed by atoms with E-state index in [0.29, 0.717) is 42.3 Å². The Hall–Kier alpha value is -3.50. The number of piperidine rings is 1. The highest BCUT2D eigenvalue weighted by Crippen LogP contribution is 2.49. The monoisotopic (exact) mass is 667 g/mol. The smallest absolute Gasteiger partial charge is 0.246 e. The minimum Gasteiger partial charge on any atom is -0.488 e. The molecular formula is C36H44ClF2N5O3. The van der Waals surface area contributed by atoms with E-state index in [0.717, 1.165) is 31.9 Å². The van der Waals surface area contributed by atoms with Gasteiger partial charge in [0, 0.05) is 67.1 Å². The Bertz CT molecular complexity index is 1550. The fraction of sp³-hybridized carbons (Fsp3) is 0.528. The molecular weight excluding hydrogens is 624 g/mol. The van der Waals surface area contributed by atoms with Crippen molar-refractivity contribution in [2.24, 2.45) is 4.99 Å². The lowest BCUT2D eigenvalue weighted by Crippen LogP contribution is -2.59. The van der Waals surface area contributed by atoms with Crippen molar-refractivity contribution in [3.05, 3.63) is 59.1 Å². The van der Waals surface area contributed by atoms with E-state index < -0.39 is 11.6 Å². The molecule has 4 aliphatic rings. The van der Waals surface area contributed by atoms with Gasteiger partial charge in [0.05, 0.1) is 16.8 Å². The molecule has 2 aromatic rings. The first kappa shape index (κ1) is 33.4. The third-order valence-corrected chi connectivity index (χ3v) is 10.9. The van der Waals surface area contributed by atoms with Crippen LogP contribution in [0.25, 0.3) is 11.1 Å². The average molecular weight is 668 g/mol. The highest BCUT2D eigenvalue weighted by Gasteiger charge is 2.40. The minimum atomic E-state index is -0.781. The number of carbonyl (C=O) groups excluding carboxylic acids is 2. The molecule has 3 saturated heterocycles. The SMILES string of the molecule is C=CC(=O)N1C[C@H](C)N(C(=NC)c2cc(Cl)c(-c3ccc(F)cc3F)c3c2N(C=O)C(CCCN2C4CCCC2CC4)CO3)C[C@H]1C. The minimum absolute atomic E-state index is 0.0811. The molecule has 8 nitrogen and oxygen atoms in total. The van der Waals surface area contributed by atoms with Gasteiger partial charge in [0.2, 0.25) is 12.3 Å². The topological polar surface area (TPSA) is 68.7 Å². The number of anilines is 1. The standard InChI is InChI=1S/C36H44ClF2N5O3/c1-5-32(46)42-18-23(3)43(19-22(42)2)36(40-4)29-17-30(37)33(28-14-11-24(38)16-31(28)39)35-34(29)44(21-45)27(20-47-35)10-7-15-41-25-8-6-9-26(41)13-12-25/h5,11,14,16-17,21-23,25-27H,1,6-10,12-13,15,18-20H2,2-4H3/t22-,23+,25?,26?,27?/m1/s1. The second-order valence-electron chi connectivity index (χ2n) is 13.3. The van der Waals surface area contributed by atoms with Crippen LogP contribution in [-0.4, -0.2) is 96.4 Å². The van der Waals surface area contributed by atoms with Gasteiger partial charge in [-0.05, 0) is 83.2 Å². The zero-order valence-corrected chi connectivity index (χ0v) is 28.2. The Morgan fingerprint density at radius 2 is 1.79 bits per heavy atom. The molecule has 2 bridgehead atoms. The predicted octanol–water partition coefficient (Wildman–Crippen LogP) is 6.29. The third kappa shape index (κ3) is 6.26. The summed E-state index contributed by atoms with van der Waals surface area (Å²) >= 11 is 6.94. The van der Waals surface area contributed by atoms with Gasteiger partial charge < -0.3 is 19.4 Å². The number of amides is 2. The van der Waals surface area contributed by atoms with Crippen molar-refractivity contribution in [2.45, 2.75) is 89.0 Å². The average Bonchev–Trinajstić information content (AvgIpc) is 3.26. The van der Waals surface area contributed by atoms with E-state index in [-0.39, 0.29) is 52.5 Å². The molecule has 252 valence electrons. The van der Waals surface area contributed by atoms with Crippen LogP contribution in [0.15, 0.2) is 41.9 Å². The summed E-state index contributed by atoms with van der Waals surface area (Å²) in [5.74, 6) is -0.775. The van der Waals surface area contributed by atoms with Crippen molar-refractivity contribution in [3.63, 3.8) is 0 Å². The second-order valence-corrected chi connectivity index (χ2v) is 13.8. The zero-order valence-electron chi connectivity index (χ0n) is 27.4. The summed E-state index contributed by atoms with van der Waals surface area (Å²) in [6.07, 6.45) is 10.1. The summed E-state index contributed by atoms with van der Waals surface area (Å²) in [4.78, 5) is 38.6. The van der Waals surface area contributed by atoms with Crippen molar-refractivity contribution >= 4 is 35.4 Å². The maximum Gasteiger partial charge on any atom is 0.246 e. The van der Waals surface area contributed by atoms with Crippen LogP contribution in [-0.2, 0) is 9.59 Å². The van der Waals surface area contributed by atoms with E-state index in [9.17, 15) is 14.0 Å². The van der Waals surface area contributed by atoms with Gasteiger partial charge >= 0.3 is 0 Å². The lowest BCUT2D eigenvalue weighted by Gasteiger charge is -2.46. The van der Waals surface area contributed by atoms with Crippen molar-refractivity contribution in [1.82, 2.24) is 14.7 Å². The van der Waals surface area contributed by atoms with E-state index in [1.807, 2.05) is 13.8 Å². The summed E-state index contributed by atoms with van der Waals surface area (Å²) in [5.41, 5.74) is 1.38. The number of aliphatic imine (C=N–C) groups is 1. The number of nitrogens with zero attached hydrogens (tertiary/aromatic N) is 5. The van der Waals surface area contributed by atoms with Gasteiger partial charge in [-0.25, -0.2) is 8.78 Å². The molecule has 2 aromatic carbocycles. The molecule has 0 radical (unpaired) electrons. The third-order valence-electron chi connectivity index (χ3n) is 10.6. The molecule has 4 heterocycles. The molecule has 47 heavy (non-hydrogen) atoms. The van der Waals surface area contributed by atoms with E-state index in [1.54, 1.807) is 22.9 Å². The Balaban J connectivity index is 1.38. The number of hydrogen-bond donors (Lipinski definition) is 0. The Morgan fingerprint density at radius 1 is 1.09 bits per heavy atom. The van der Waals surface area contributed by atoms with Crippen LogP contribution in [0.5, 0.6) is 5.75 Å². The van der Waals surface area contributed by atoms with Gasteiger partial charge in [0.15, 0.2) is 5.75 Å². The highest BCUT2D eigenvalue weighted by molar-refractivity contribution is 6.35. The molecule has 5 atom stereocenters. The molecule has 0 spiro atoms. The maximum absolute atomic E-state index is 15.3. The lowest BCUT2D eigenvalue weighted by molar-refractivity contribution is -0.130. The molecule has 0 aliphatic carbocycles. The number of carbonyl (C=O) groups is 2. The fourth-order valence-electron chi connectivity index (χ4n) is 8.28. The van der Waals surface area contributed by atoms with E-state index in [4.69, 9.17) is 21.3 Å². The largest absolute Gasteiger partial charge is 0.488 e. The zero-order chi connectivity index (χ0) is 33.4. The maximum atomic E-state index is 15.3. The van der Waals surface area contributed by atoms with E-state index >= 15 is 4.39 Å². The van der Waals surface area contributed by atoms with Crippen molar-refractivity contribution in [1.29, 1.82) is 0 Å². The first-order chi connectivity index (χ1) is 22.7. The fourth-order valence-corrected chi connectivity index (χ4v) is 8.58. The van der Waals surface area contributed by atoms with Crippen LogP contribution in [0.2, 0.25) is 5.02 Å². The van der Waals surface area contributed by atoms with Gasteiger partial charge in [0.1, 0.15) is 24.1 Å².